The molecule has 1 saturated carbocycles. The fourth-order valence-corrected chi connectivity index (χ4v) is 5.15. The van der Waals surface area contributed by atoms with Gasteiger partial charge < -0.3 is 24.6 Å². The van der Waals surface area contributed by atoms with Gasteiger partial charge in [0.15, 0.2) is 6.10 Å². The van der Waals surface area contributed by atoms with Crippen molar-refractivity contribution in [2.75, 3.05) is 0 Å². The van der Waals surface area contributed by atoms with E-state index in [-0.39, 0.29) is 6.42 Å². The van der Waals surface area contributed by atoms with Crippen LogP contribution in [0.15, 0.2) is 65.9 Å². The first-order chi connectivity index (χ1) is 19.1. The average molecular weight is 550 g/mol. The Balaban J connectivity index is 1.50. The number of ketones is 1. The first kappa shape index (κ1) is 29.2. The van der Waals surface area contributed by atoms with E-state index in [2.05, 4.69) is 5.32 Å². The number of hydrogen-bond acceptors (Lipinski definition) is 7. The van der Waals surface area contributed by atoms with Crippen molar-refractivity contribution in [3.05, 3.63) is 77.1 Å². The van der Waals surface area contributed by atoms with Gasteiger partial charge in [-0.25, -0.2) is 9.59 Å². The van der Waals surface area contributed by atoms with E-state index in [9.17, 15) is 19.5 Å². The lowest BCUT2D eigenvalue weighted by Gasteiger charge is -2.24. The van der Waals surface area contributed by atoms with Gasteiger partial charge in [0.25, 0.3) is 0 Å². The van der Waals surface area contributed by atoms with Crippen LogP contribution >= 0.6 is 0 Å². The summed E-state index contributed by atoms with van der Waals surface area (Å²) in [5, 5.41) is 13.8. The van der Waals surface area contributed by atoms with Crippen LogP contribution in [0.2, 0.25) is 0 Å². The van der Waals surface area contributed by atoms with Crippen LogP contribution in [0.5, 0.6) is 5.75 Å². The summed E-state index contributed by atoms with van der Waals surface area (Å²) in [6.45, 7) is 5.59. The Morgan fingerprint density at radius 3 is 2.33 bits per heavy atom. The van der Waals surface area contributed by atoms with Crippen molar-refractivity contribution < 1.29 is 33.7 Å². The molecule has 0 spiro atoms. The second-order valence-electron chi connectivity index (χ2n) is 11.6. The minimum Gasteiger partial charge on any atom is -0.509 e. The lowest BCUT2D eigenvalue weighted by atomic mass is 9.84. The third kappa shape index (κ3) is 8.10. The van der Waals surface area contributed by atoms with Crippen molar-refractivity contribution in [3.8, 4) is 5.75 Å². The van der Waals surface area contributed by atoms with Gasteiger partial charge in [-0.15, -0.1) is 0 Å². The SMILES string of the molecule is CC(C)(C)OC(=O)NC(Cc1ccc(OCc2ccccc2)cc1)/C(O)=C1\C(=O)OC(CC2CCCCC2)C1=O. The van der Waals surface area contributed by atoms with Crippen LogP contribution in [0, 0.1) is 5.92 Å². The summed E-state index contributed by atoms with van der Waals surface area (Å²) in [7, 11) is 0. The van der Waals surface area contributed by atoms with Crippen LogP contribution < -0.4 is 10.1 Å². The van der Waals surface area contributed by atoms with Crippen LogP contribution in [-0.4, -0.2) is 40.7 Å². The van der Waals surface area contributed by atoms with E-state index >= 15 is 0 Å². The Kier molecular flexibility index (Phi) is 9.50. The van der Waals surface area contributed by atoms with Crippen molar-refractivity contribution in [1.82, 2.24) is 5.32 Å². The normalized spacial score (nSPS) is 20.0. The molecule has 214 valence electrons. The standard InChI is InChI=1S/C32H39NO7/c1-32(2,3)40-31(37)33-25(18-22-14-16-24(17-15-22)38-20-23-12-8-5-9-13-23)28(34)27-29(35)26(39-30(27)36)19-21-10-6-4-7-11-21/h5,8-9,12-17,21,25-26,34H,4,6-7,10-11,18-20H2,1-3H3,(H,33,37)/b28-27+. The molecule has 2 unspecified atom stereocenters. The topological polar surface area (TPSA) is 111 Å². The van der Waals surface area contributed by atoms with Crippen LogP contribution in [-0.2, 0) is 32.1 Å². The molecular formula is C32H39NO7. The molecule has 40 heavy (non-hydrogen) atoms. The van der Waals surface area contributed by atoms with Gasteiger partial charge in [-0.3, -0.25) is 4.79 Å². The highest BCUT2D eigenvalue weighted by Gasteiger charge is 2.43. The van der Waals surface area contributed by atoms with E-state index in [1.54, 1.807) is 32.9 Å². The number of hydrogen-bond donors (Lipinski definition) is 2. The fraction of sp³-hybridized carbons (Fsp3) is 0.469. The zero-order valence-electron chi connectivity index (χ0n) is 23.5. The Morgan fingerprint density at radius 2 is 1.68 bits per heavy atom. The van der Waals surface area contributed by atoms with E-state index in [1.165, 1.54) is 6.42 Å². The molecule has 1 heterocycles. The fourth-order valence-electron chi connectivity index (χ4n) is 5.15. The first-order valence-electron chi connectivity index (χ1n) is 14.0. The van der Waals surface area contributed by atoms with Crippen LogP contribution in [0.1, 0.15) is 70.4 Å². The molecule has 0 bridgehead atoms. The largest absolute Gasteiger partial charge is 0.509 e. The Bertz CT molecular complexity index is 1210. The molecule has 1 saturated heterocycles. The molecule has 1 aliphatic heterocycles. The number of cyclic esters (lactones) is 1. The highest BCUT2D eigenvalue weighted by molar-refractivity contribution is 6.23. The Morgan fingerprint density at radius 1 is 1.00 bits per heavy atom. The predicted octanol–water partition coefficient (Wildman–Crippen LogP) is 5.98. The van der Waals surface area contributed by atoms with E-state index in [1.807, 2.05) is 42.5 Å². The smallest absolute Gasteiger partial charge is 0.408 e. The van der Waals surface area contributed by atoms with Crippen LogP contribution in [0.3, 0.4) is 0 Å². The maximum atomic E-state index is 13.2. The second-order valence-corrected chi connectivity index (χ2v) is 11.6. The summed E-state index contributed by atoms with van der Waals surface area (Å²) in [4.78, 5) is 38.6. The molecule has 2 aromatic rings. The number of rotatable bonds is 9. The molecule has 0 radical (unpaired) electrons. The Labute approximate surface area is 235 Å². The zero-order valence-corrected chi connectivity index (χ0v) is 23.5. The van der Waals surface area contributed by atoms with Crippen molar-refractivity contribution in [2.45, 2.75) is 90.1 Å². The monoisotopic (exact) mass is 549 g/mol. The minimum atomic E-state index is -1.08. The van der Waals surface area contributed by atoms with E-state index < -0.39 is 46.9 Å². The molecule has 1 aliphatic carbocycles. The van der Waals surface area contributed by atoms with Gasteiger partial charge in [-0.05, 0) is 56.4 Å². The zero-order chi connectivity index (χ0) is 28.7. The summed E-state index contributed by atoms with van der Waals surface area (Å²) in [6.07, 6.45) is 4.27. The number of aliphatic hydroxyl groups excluding tert-OH is 1. The lowest BCUT2D eigenvalue weighted by molar-refractivity contribution is -0.141. The molecule has 8 heteroatoms. The number of esters is 1. The van der Waals surface area contributed by atoms with Gasteiger partial charge >= 0.3 is 12.1 Å². The summed E-state index contributed by atoms with van der Waals surface area (Å²) in [5.74, 6) is -0.934. The number of benzene rings is 2. The maximum Gasteiger partial charge on any atom is 0.408 e. The molecule has 2 aliphatic rings. The summed E-state index contributed by atoms with van der Waals surface area (Å²) < 4.78 is 16.6. The third-order valence-electron chi connectivity index (χ3n) is 7.15. The summed E-state index contributed by atoms with van der Waals surface area (Å²) in [5.41, 5.74) is 0.615. The second kappa shape index (κ2) is 13.0. The van der Waals surface area contributed by atoms with E-state index in [4.69, 9.17) is 14.2 Å². The molecular weight excluding hydrogens is 510 g/mol. The number of aliphatic hydroxyl groups is 1. The minimum absolute atomic E-state index is 0.112. The molecule has 4 rings (SSSR count). The number of Topliss-reactive ketones (excluding diaryl/α,β-unsaturated/α-hetero) is 1. The molecule has 2 aromatic carbocycles. The predicted molar refractivity (Wildman–Crippen MR) is 150 cm³/mol. The molecule has 2 N–H and O–H groups in total. The third-order valence-corrected chi connectivity index (χ3v) is 7.15. The van der Waals surface area contributed by atoms with Gasteiger partial charge in [0.1, 0.15) is 29.3 Å². The maximum absolute atomic E-state index is 13.2. The van der Waals surface area contributed by atoms with Gasteiger partial charge in [-0.2, -0.15) is 0 Å². The average Bonchev–Trinajstić information content (AvgIpc) is 3.19. The van der Waals surface area contributed by atoms with Gasteiger partial charge in [0, 0.05) is 6.42 Å². The number of carbonyl (C=O) groups excluding carboxylic acids is 3. The summed E-state index contributed by atoms with van der Waals surface area (Å²) >= 11 is 0. The van der Waals surface area contributed by atoms with Gasteiger partial charge in [-0.1, -0.05) is 74.6 Å². The van der Waals surface area contributed by atoms with Gasteiger partial charge in [0.2, 0.25) is 5.78 Å². The molecule has 0 aromatic heterocycles. The summed E-state index contributed by atoms with van der Waals surface area (Å²) in [6, 6.07) is 15.9. The van der Waals surface area contributed by atoms with Crippen LogP contribution in [0.25, 0.3) is 0 Å². The Hall–Kier alpha value is -3.81. The van der Waals surface area contributed by atoms with Gasteiger partial charge in [0.05, 0.1) is 6.04 Å². The van der Waals surface area contributed by atoms with Crippen LogP contribution in [0.4, 0.5) is 4.79 Å². The first-order valence-corrected chi connectivity index (χ1v) is 14.0. The van der Waals surface area contributed by atoms with E-state index in [0.717, 1.165) is 36.8 Å². The molecule has 2 atom stereocenters. The van der Waals surface area contributed by atoms with Crippen molar-refractivity contribution in [1.29, 1.82) is 0 Å². The van der Waals surface area contributed by atoms with Crippen molar-refractivity contribution in [3.63, 3.8) is 0 Å². The molecule has 1 amide bonds. The number of ether oxygens (including phenoxy) is 3. The van der Waals surface area contributed by atoms with Crippen molar-refractivity contribution >= 4 is 17.8 Å². The number of carbonyl (C=O) groups is 3. The number of alkyl carbamates (subject to hydrolysis) is 1. The molecule has 8 nitrogen and oxygen atoms in total. The van der Waals surface area contributed by atoms with Crippen molar-refractivity contribution in [2.24, 2.45) is 5.92 Å². The number of nitrogens with one attached hydrogen (secondary N) is 1. The van der Waals surface area contributed by atoms with E-state index in [0.29, 0.717) is 24.7 Å². The number of amides is 1. The highest BCUT2D eigenvalue weighted by atomic mass is 16.6. The molecule has 2 fully saturated rings. The lowest BCUT2D eigenvalue weighted by Crippen LogP contribution is -2.42. The highest BCUT2D eigenvalue weighted by Crippen LogP contribution is 2.32. The quantitative estimate of drug-likeness (QED) is 0.171.